The van der Waals surface area contributed by atoms with Crippen LogP contribution in [-0.2, 0) is 16.0 Å². The fraction of sp³-hybridized carbons (Fsp3) is 0.160. The predicted octanol–water partition coefficient (Wildman–Crippen LogP) is 3.75. The van der Waals surface area contributed by atoms with E-state index in [0.717, 1.165) is 16.5 Å². The standard InChI is InChI=1S/C25H22N6O3/c1-15-11-22(29-24-20(15)5-4-6-21(24)34-3)31-25(18(13-26)14-27-31)30-23(33)12-17-7-9-19(10-8-17)28-16(2)32/h4-11,14H,12H2,1-3H3,(H,28,32)(H,30,33). The Labute approximate surface area is 196 Å². The molecule has 0 spiro atoms. The molecule has 0 unspecified atom stereocenters. The van der Waals surface area contributed by atoms with Gasteiger partial charge in [0.25, 0.3) is 0 Å². The number of anilines is 2. The van der Waals surface area contributed by atoms with E-state index < -0.39 is 0 Å². The topological polar surface area (TPSA) is 122 Å². The lowest BCUT2D eigenvalue weighted by Crippen LogP contribution is -2.18. The maximum Gasteiger partial charge on any atom is 0.229 e. The number of fused-ring (bicyclic) bond motifs is 1. The zero-order chi connectivity index (χ0) is 24.2. The van der Waals surface area contributed by atoms with Crippen molar-refractivity contribution in [3.63, 3.8) is 0 Å². The maximum atomic E-state index is 12.8. The molecule has 0 aliphatic rings. The van der Waals surface area contributed by atoms with Gasteiger partial charge in [0.1, 0.15) is 22.9 Å². The van der Waals surface area contributed by atoms with Gasteiger partial charge in [-0.25, -0.2) is 4.98 Å². The lowest BCUT2D eigenvalue weighted by atomic mass is 10.1. The van der Waals surface area contributed by atoms with E-state index in [1.54, 1.807) is 31.4 Å². The van der Waals surface area contributed by atoms with Crippen LogP contribution in [0.4, 0.5) is 11.5 Å². The molecule has 9 heteroatoms. The molecule has 170 valence electrons. The molecule has 0 fully saturated rings. The minimum absolute atomic E-state index is 0.0778. The van der Waals surface area contributed by atoms with E-state index in [-0.39, 0.29) is 29.6 Å². The molecule has 0 radical (unpaired) electrons. The fourth-order valence-corrected chi connectivity index (χ4v) is 3.64. The van der Waals surface area contributed by atoms with Crippen LogP contribution in [-0.4, -0.2) is 33.7 Å². The summed E-state index contributed by atoms with van der Waals surface area (Å²) in [6.45, 7) is 3.38. The van der Waals surface area contributed by atoms with Gasteiger partial charge in [-0.05, 0) is 42.3 Å². The van der Waals surface area contributed by atoms with Crippen molar-refractivity contribution in [1.82, 2.24) is 14.8 Å². The average Bonchev–Trinajstić information content (AvgIpc) is 3.22. The molecule has 0 atom stereocenters. The van der Waals surface area contributed by atoms with Gasteiger partial charge in [-0.1, -0.05) is 24.3 Å². The molecule has 2 N–H and O–H groups in total. The van der Waals surface area contributed by atoms with E-state index in [9.17, 15) is 14.9 Å². The summed E-state index contributed by atoms with van der Waals surface area (Å²) in [5.41, 5.74) is 3.22. The van der Waals surface area contributed by atoms with Crippen LogP contribution in [0.3, 0.4) is 0 Å². The summed E-state index contributed by atoms with van der Waals surface area (Å²) >= 11 is 0. The summed E-state index contributed by atoms with van der Waals surface area (Å²) < 4.78 is 6.89. The van der Waals surface area contributed by atoms with Crippen LogP contribution < -0.4 is 15.4 Å². The number of nitrogens with zero attached hydrogens (tertiary/aromatic N) is 4. The summed E-state index contributed by atoms with van der Waals surface area (Å²) in [5, 5.41) is 20.3. The van der Waals surface area contributed by atoms with Crippen molar-refractivity contribution in [1.29, 1.82) is 5.26 Å². The number of methoxy groups -OCH3 is 1. The summed E-state index contributed by atoms with van der Waals surface area (Å²) in [6, 6.07) is 16.5. The highest BCUT2D eigenvalue weighted by Gasteiger charge is 2.18. The highest BCUT2D eigenvalue weighted by Crippen LogP contribution is 2.29. The summed E-state index contributed by atoms with van der Waals surface area (Å²) in [5.74, 6) is 0.816. The number of aromatic nitrogens is 3. The van der Waals surface area contributed by atoms with Crippen LogP contribution in [0.15, 0.2) is 54.7 Å². The predicted molar refractivity (Wildman–Crippen MR) is 128 cm³/mol. The van der Waals surface area contributed by atoms with Crippen LogP contribution >= 0.6 is 0 Å². The largest absolute Gasteiger partial charge is 0.494 e. The highest BCUT2D eigenvalue weighted by molar-refractivity contribution is 5.93. The Morgan fingerprint density at radius 1 is 1.15 bits per heavy atom. The number of carbonyl (C=O) groups is 2. The number of para-hydroxylation sites is 1. The number of rotatable bonds is 6. The van der Waals surface area contributed by atoms with Crippen LogP contribution in [0.5, 0.6) is 5.75 Å². The number of nitriles is 1. The molecule has 0 saturated carbocycles. The Morgan fingerprint density at radius 2 is 1.91 bits per heavy atom. The van der Waals surface area contributed by atoms with Crippen molar-refractivity contribution in [3.05, 3.63) is 71.4 Å². The molecule has 34 heavy (non-hydrogen) atoms. The third kappa shape index (κ3) is 4.56. The van der Waals surface area contributed by atoms with Gasteiger partial charge >= 0.3 is 0 Å². The van der Waals surface area contributed by atoms with E-state index in [1.165, 1.54) is 17.8 Å². The molecule has 4 aromatic rings. The number of amides is 2. The molecule has 0 aliphatic carbocycles. The monoisotopic (exact) mass is 454 g/mol. The van der Waals surface area contributed by atoms with E-state index in [1.807, 2.05) is 31.2 Å². The van der Waals surface area contributed by atoms with Gasteiger partial charge in [0, 0.05) is 18.0 Å². The van der Waals surface area contributed by atoms with Crippen molar-refractivity contribution in [3.8, 4) is 17.6 Å². The molecule has 2 aromatic carbocycles. The Balaban J connectivity index is 1.63. The number of benzene rings is 2. The van der Waals surface area contributed by atoms with Gasteiger partial charge in [-0.3, -0.25) is 9.59 Å². The van der Waals surface area contributed by atoms with Crippen LogP contribution in [0, 0.1) is 18.3 Å². The van der Waals surface area contributed by atoms with Crippen LogP contribution in [0.25, 0.3) is 16.7 Å². The lowest BCUT2D eigenvalue weighted by Gasteiger charge is -2.12. The molecule has 2 aromatic heterocycles. The quantitative estimate of drug-likeness (QED) is 0.458. The lowest BCUT2D eigenvalue weighted by molar-refractivity contribution is -0.116. The highest BCUT2D eigenvalue weighted by atomic mass is 16.5. The van der Waals surface area contributed by atoms with Gasteiger partial charge in [-0.15, -0.1) is 0 Å². The summed E-state index contributed by atoms with van der Waals surface area (Å²) in [7, 11) is 1.58. The zero-order valence-electron chi connectivity index (χ0n) is 18.9. The maximum absolute atomic E-state index is 12.8. The number of carbonyl (C=O) groups excluding carboxylic acids is 2. The second-order valence-electron chi connectivity index (χ2n) is 7.69. The number of hydrogen-bond acceptors (Lipinski definition) is 6. The van der Waals surface area contributed by atoms with E-state index in [4.69, 9.17) is 9.72 Å². The number of pyridine rings is 1. The van der Waals surface area contributed by atoms with E-state index in [0.29, 0.717) is 22.8 Å². The number of aryl methyl sites for hydroxylation is 1. The molecular weight excluding hydrogens is 432 g/mol. The van der Waals surface area contributed by atoms with Crippen molar-refractivity contribution in [2.75, 3.05) is 17.7 Å². The molecule has 0 bridgehead atoms. The molecule has 2 heterocycles. The number of ether oxygens (including phenoxy) is 1. The van der Waals surface area contributed by atoms with Gasteiger partial charge in [0.05, 0.1) is 19.7 Å². The van der Waals surface area contributed by atoms with E-state index >= 15 is 0 Å². The SMILES string of the molecule is COc1cccc2c(C)cc(-n3ncc(C#N)c3NC(=O)Cc3ccc(NC(C)=O)cc3)nc12. The second kappa shape index (κ2) is 9.42. The Bertz CT molecular complexity index is 1430. The third-order valence-electron chi connectivity index (χ3n) is 5.22. The Kier molecular flexibility index (Phi) is 6.23. The van der Waals surface area contributed by atoms with Gasteiger partial charge in [0.2, 0.25) is 11.8 Å². The van der Waals surface area contributed by atoms with E-state index in [2.05, 4.69) is 21.8 Å². The van der Waals surface area contributed by atoms with Crippen molar-refractivity contribution in [2.24, 2.45) is 0 Å². The molecular formula is C25H22N6O3. The fourth-order valence-electron chi connectivity index (χ4n) is 3.64. The zero-order valence-corrected chi connectivity index (χ0v) is 18.9. The first kappa shape index (κ1) is 22.5. The minimum Gasteiger partial charge on any atom is -0.494 e. The molecule has 9 nitrogen and oxygen atoms in total. The number of hydrogen-bond donors (Lipinski definition) is 2. The van der Waals surface area contributed by atoms with Crippen LogP contribution in [0.1, 0.15) is 23.6 Å². The molecule has 4 rings (SSSR count). The van der Waals surface area contributed by atoms with Gasteiger partial charge in [0.15, 0.2) is 11.6 Å². The Hall–Kier alpha value is -4.71. The Morgan fingerprint density at radius 3 is 2.59 bits per heavy atom. The first-order valence-corrected chi connectivity index (χ1v) is 10.5. The smallest absolute Gasteiger partial charge is 0.229 e. The first-order valence-electron chi connectivity index (χ1n) is 10.5. The van der Waals surface area contributed by atoms with Crippen LogP contribution in [0.2, 0.25) is 0 Å². The summed E-state index contributed by atoms with van der Waals surface area (Å²) in [6.07, 6.45) is 1.47. The average molecular weight is 454 g/mol. The molecule has 0 aliphatic heterocycles. The van der Waals surface area contributed by atoms with Crippen molar-refractivity contribution in [2.45, 2.75) is 20.3 Å². The normalized spacial score (nSPS) is 10.5. The van der Waals surface area contributed by atoms with Crippen molar-refractivity contribution >= 4 is 34.2 Å². The third-order valence-corrected chi connectivity index (χ3v) is 5.22. The minimum atomic E-state index is -0.319. The van der Waals surface area contributed by atoms with Gasteiger partial charge < -0.3 is 15.4 Å². The van der Waals surface area contributed by atoms with Gasteiger partial charge in [-0.2, -0.15) is 15.0 Å². The number of nitrogens with one attached hydrogen (secondary N) is 2. The first-order chi connectivity index (χ1) is 16.4. The molecule has 0 saturated heterocycles. The molecule has 2 amide bonds. The second-order valence-corrected chi connectivity index (χ2v) is 7.69. The summed E-state index contributed by atoms with van der Waals surface area (Å²) in [4.78, 5) is 28.7. The van der Waals surface area contributed by atoms with Crippen molar-refractivity contribution < 1.29 is 14.3 Å².